The van der Waals surface area contributed by atoms with Crippen LogP contribution in [0.3, 0.4) is 0 Å². The SMILES string of the molecule is CC(=O)c1cc2oc(C(C)=O)c(-c3ccccc3)c(=O)c2c(C(C)=O)c1C(C)=O. The largest absolute Gasteiger partial charge is 0.452 e. The van der Waals surface area contributed by atoms with Gasteiger partial charge in [-0.25, -0.2) is 0 Å². The second kappa shape index (κ2) is 7.39. The lowest BCUT2D eigenvalue weighted by molar-refractivity contribution is 0.0969. The van der Waals surface area contributed by atoms with Crippen LogP contribution in [0.1, 0.15) is 69.3 Å². The number of benzene rings is 2. The number of ketones is 4. The van der Waals surface area contributed by atoms with E-state index in [-0.39, 0.29) is 39.0 Å². The van der Waals surface area contributed by atoms with Crippen LogP contribution in [0.4, 0.5) is 0 Å². The van der Waals surface area contributed by atoms with Crippen LogP contribution in [-0.4, -0.2) is 23.1 Å². The summed E-state index contributed by atoms with van der Waals surface area (Å²) >= 11 is 0. The standard InChI is InChI=1S/C23H18O6/c1-11(24)16-10-17-21(19(13(3)26)18(16)12(2)25)22(28)20(23(29-17)14(4)27)15-8-6-5-7-9-15/h5-10H,1-4H3. The van der Waals surface area contributed by atoms with Crippen LogP contribution < -0.4 is 5.43 Å². The van der Waals surface area contributed by atoms with Gasteiger partial charge in [-0.3, -0.25) is 24.0 Å². The van der Waals surface area contributed by atoms with E-state index in [2.05, 4.69) is 0 Å². The van der Waals surface area contributed by atoms with Crippen molar-refractivity contribution < 1.29 is 23.6 Å². The van der Waals surface area contributed by atoms with Crippen molar-refractivity contribution in [3.63, 3.8) is 0 Å². The normalized spacial score (nSPS) is 10.8. The summed E-state index contributed by atoms with van der Waals surface area (Å²) < 4.78 is 5.74. The lowest BCUT2D eigenvalue weighted by Crippen LogP contribution is -2.19. The molecule has 0 amide bonds. The Bertz CT molecular complexity index is 1260. The van der Waals surface area contributed by atoms with Gasteiger partial charge in [0.15, 0.2) is 28.9 Å². The first-order valence-electron chi connectivity index (χ1n) is 8.92. The number of carbonyl (C=O) groups excluding carboxylic acids is 4. The zero-order valence-corrected chi connectivity index (χ0v) is 16.4. The highest BCUT2D eigenvalue weighted by Crippen LogP contribution is 2.31. The molecule has 0 N–H and O–H groups in total. The molecule has 0 fully saturated rings. The molecule has 2 aromatic carbocycles. The highest BCUT2D eigenvalue weighted by Gasteiger charge is 2.28. The zero-order chi connectivity index (χ0) is 21.5. The molecular weight excluding hydrogens is 372 g/mol. The average Bonchev–Trinajstić information content (AvgIpc) is 2.66. The van der Waals surface area contributed by atoms with Gasteiger partial charge < -0.3 is 4.42 Å². The van der Waals surface area contributed by atoms with Crippen molar-refractivity contribution in [2.24, 2.45) is 0 Å². The summed E-state index contributed by atoms with van der Waals surface area (Å²) in [7, 11) is 0. The predicted molar refractivity (Wildman–Crippen MR) is 108 cm³/mol. The van der Waals surface area contributed by atoms with Gasteiger partial charge in [0.05, 0.1) is 10.9 Å². The highest BCUT2D eigenvalue weighted by atomic mass is 16.3. The fourth-order valence-electron chi connectivity index (χ4n) is 3.46. The molecule has 0 spiro atoms. The average molecular weight is 390 g/mol. The summed E-state index contributed by atoms with van der Waals surface area (Å²) in [6.45, 7) is 4.95. The van der Waals surface area contributed by atoms with Crippen LogP contribution in [0, 0.1) is 0 Å². The summed E-state index contributed by atoms with van der Waals surface area (Å²) in [5.74, 6) is -2.18. The van der Waals surface area contributed by atoms with Gasteiger partial charge in [-0.15, -0.1) is 0 Å². The first kappa shape index (κ1) is 20.1. The van der Waals surface area contributed by atoms with E-state index in [1.165, 1.54) is 33.8 Å². The Morgan fingerprint density at radius 2 is 1.34 bits per heavy atom. The van der Waals surface area contributed by atoms with Gasteiger partial charge in [0.2, 0.25) is 5.43 Å². The molecule has 0 aliphatic rings. The number of carbonyl (C=O) groups is 4. The smallest absolute Gasteiger partial charge is 0.202 e. The van der Waals surface area contributed by atoms with Crippen molar-refractivity contribution in [1.29, 1.82) is 0 Å². The maximum atomic E-state index is 13.5. The predicted octanol–water partition coefficient (Wildman–Crippen LogP) is 4.27. The zero-order valence-electron chi connectivity index (χ0n) is 16.4. The van der Waals surface area contributed by atoms with Gasteiger partial charge in [0.25, 0.3) is 0 Å². The van der Waals surface area contributed by atoms with E-state index < -0.39 is 28.6 Å². The van der Waals surface area contributed by atoms with Crippen LogP contribution in [0.2, 0.25) is 0 Å². The maximum absolute atomic E-state index is 13.5. The number of Topliss-reactive ketones (excluding diaryl/α,β-unsaturated/α-hetero) is 4. The molecule has 0 aliphatic heterocycles. The minimum atomic E-state index is -0.606. The Morgan fingerprint density at radius 3 is 1.83 bits per heavy atom. The molecule has 6 nitrogen and oxygen atoms in total. The molecule has 6 heteroatoms. The van der Waals surface area contributed by atoms with E-state index in [1.54, 1.807) is 30.3 Å². The third-order valence-corrected chi connectivity index (χ3v) is 4.65. The fourth-order valence-corrected chi connectivity index (χ4v) is 3.46. The summed E-state index contributed by atoms with van der Waals surface area (Å²) in [6.07, 6.45) is 0. The molecule has 3 rings (SSSR count). The third kappa shape index (κ3) is 3.33. The second-order valence-corrected chi connectivity index (χ2v) is 6.77. The Balaban J connectivity index is 2.66. The maximum Gasteiger partial charge on any atom is 0.202 e. The quantitative estimate of drug-likeness (QED) is 0.603. The minimum Gasteiger partial charge on any atom is -0.452 e. The monoisotopic (exact) mass is 390 g/mol. The Morgan fingerprint density at radius 1 is 0.759 bits per heavy atom. The van der Waals surface area contributed by atoms with Gasteiger partial charge in [0, 0.05) is 23.6 Å². The van der Waals surface area contributed by atoms with E-state index in [1.807, 2.05) is 0 Å². The Kier molecular flexibility index (Phi) is 5.12. The van der Waals surface area contributed by atoms with Gasteiger partial charge >= 0.3 is 0 Å². The molecule has 0 radical (unpaired) electrons. The van der Waals surface area contributed by atoms with E-state index >= 15 is 0 Å². The second-order valence-electron chi connectivity index (χ2n) is 6.77. The van der Waals surface area contributed by atoms with Gasteiger partial charge in [-0.05, 0) is 32.4 Å². The lowest BCUT2D eigenvalue weighted by atomic mass is 9.89. The molecular formula is C23H18O6. The van der Waals surface area contributed by atoms with Gasteiger partial charge in [-0.1, -0.05) is 30.3 Å². The van der Waals surface area contributed by atoms with Crippen LogP contribution >= 0.6 is 0 Å². The number of hydrogen-bond donors (Lipinski definition) is 0. The number of hydrogen-bond acceptors (Lipinski definition) is 6. The summed E-state index contributed by atoms with van der Waals surface area (Å²) in [5.41, 5.74) is -0.535. The van der Waals surface area contributed by atoms with Crippen LogP contribution in [-0.2, 0) is 0 Å². The van der Waals surface area contributed by atoms with Crippen molar-refractivity contribution in [2.75, 3.05) is 0 Å². The van der Waals surface area contributed by atoms with Crippen LogP contribution in [0.25, 0.3) is 22.1 Å². The molecule has 0 saturated heterocycles. The lowest BCUT2D eigenvalue weighted by Gasteiger charge is -2.14. The van der Waals surface area contributed by atoms with E-state index in [9.17, 15) is 24.0 Å². The summed E-state index contributed by atoms with van der Waals surface area (Å²) in [5, 5.41) is -0.114. The van der Waals surface area contributed by atoms with Crippen molar-refractivity contribution in [2.45, 2.75) is 27.7 Å². The molecule has 0 atom stereocenters. The van der Waals surface area contributed by atoms with Crippen molar-refractivity contribution in [3.8, 4) is 11.1 Å². The highest BCUT2D eigenvalue weighted by molar-refractivity contribution is 6.20. The first-order valence-corrected chi connectivity index (χ1v) is 8.92. The van der Waals surface area contributed by atoms with Crippen molar-refractivity contribution in [1.82, 2.24) is 0 Å². The third-order valence-electron chi connectivity index (χ3n) is 4.65. The molecule has 29 heavy (non-hydrogen) atoms. The van der Waals surface area contributed by atoms with E-state index in [0.29, 0.717) is 5.56 Å². The summed E-state index contributed by atoms with van der Waals surface area (Å²) in [6, 6.07) is 9.71. The van der Waals surface area contributed by atoms with Gasteiger partial charge in [0.1, 0.15) is 5.58 Å². The Hall–Kier alpha value is -3.67. The number of fused-ring (bicyclic) bond motifs is 1. The molecule has 0 unspecified atom stereocenters. The molecule has 0 bridgehead atoms. The van der Waals surface area contributed by atoms with Crippen LogP contribution in [0.15, 0.2) is 45.6 Å². The molecule has 0 aliphatic carbocycles. The topological polar surface area (TPSA) is 98.5 Å². The molecule has 146 valence electrons. The molecule has 0 saturated carbocycles. The summed E-state index contributed by atoms with van der Waals surface area (Å²) in [4.78, 5) is 62.6. The van der Waals surface area contributed by atoms with Crippen molar-refractivity contribution in [3.05, 3.63) is 69.1 Å². The molecule has 3 aromatic rings. The minimum absolute atomic E-state index is 0.0122. The molecule has 1 aromatic heterocycles. The fraction of sp³-hybridized carbons (Fsp3) is 0.174. The van der Waals surface area contributed by atoms with Crippen LogP contribution in [0.5, 0.6) is 0 Å². The van der Waals surface area contributed by atoms with Crippen molar-refractivity contribution >= 4 is 34.1 Å². The van der Waals surface area contributed by atoms with E-state index in [4.69, 9.17) is 4.42 Å². The van der Waals surface area contributed by atoms with Gasteiger partial charge in [-0.2, -0.15) is 0 Å². The Labute approximate surface area is 166 Å². The first-order chi connectivity index (χ1) is 13.6. The van der Waals surface area contributed by atoms with E-state index in [0.717, 1.165) is 0 Å². The number of rotatable bonds is 5. The molecule has 1 heterocycles.